The van der Waals surface area contributed by atoms with Crippen LogP contribution in [-0.2, 0) is 0 Å². The second-order valence-corrected chi connectivity index (χ2v) is 5.14. The molecule has 1 fully saturated rings. The van der Waals surface area contributed by atoms with E-state index >= 15 is 0 Å². The molecule has 0 spiro atoms. The van der Waals surface area contributed by atoms with Gasteiger partial charge in [0.2, 0.25) is 0 Å². The average Bonchev–Trinajstić information content (AvgIpc) is 2.29. The summed E-state index contributed by atoms with van der Waals surface area (Å²) >= 11 is 1.96. The van der Waals surface area contributed by atoms with Crippen molar-refractivity contribution in [1.82, 2.24) is 9.97 Å². The van der Waals surface area contributed by atoms with Crippen LogP contribution in [-0.4, -0.2) is 32.5 Å². The predicted molar refractivity (Wildman–Crippen MR) is 63.0 cm³/mol. The zero-order valence-electron chi connectivity index (χ0n) is 9.14. The van der Waals surface area contributed by atoms with Crippen LogP contribution in [0.3, 0.4) is 0 Å². The van der Waals surface area contributed by atoms with Gasteiger partial charge in [-0.3, -0.25) is 0 Å². The Labute approximate surface area is 98.5 Å². The number of hydrogen-bond donors (Lipinski definition) is 1. The molecule has 0 radical (unpaired) electrons. The van der Waals surface area contributed by atoms with Crippen LogP contribution in [0, 0.1) is 6.92 Å². The average molecular weight is 238 g/mol. The molecule has 1 aromatic heterocycles. The molecule has 16 heavy (non-hydrogen) atoms. The molecular weight excluding hydrogens is 224 g/mol. The molecule has 5 heteroatoms. The molecule has 2 heterocycles. The SMILES string of the molecule is Cc1nc(C2CCSCC2)ncc1C(=O)O. The number of aromatic nitrogens is 2. The van der Waals surface area contributed by atoms with Gasteiger partial charge in [0.15, 0.2) is 0 Å². The third-order valence-corrected chi connectivity index (χ3v) is 3.86. The van der Waals surface area contributed by atoms with Crippen LogP contribution in [0.1, 0.15) is 40.6 Å². The van der Waals surface area contributed by atoms with E-state index in [1.165, 1.54) is 6.20 Å². The van der Waals surface area contributed by atoms with E-state index in [4.69, 9.17) is 5.11 Å². The number of thioether (sulfide) groups is 1. The third-order valence-electron chi connectivity index (χ3n) is 2.81. The van der Waals surface area contributed by atoms with E-state index in [1.54, 1.807) is 6.92 Å². The number of carbonyl (C=O) groups is 1. The van der Waals surface area contributed by atoms with E-state index in [2.05, 4.69) is 9.97 Å². The molecule has 0 aliphatic carbocycles. The number of carboxylic acid groups (broad SMARTS) is 1. The Kier molecular flexibility index (Phi) is 3.43. The quantitative estimate of drug-likeness (QED) is 0.854. The summed E-state index contributed by atoms with van der Waals surface area (Å²) in [6.45, 7) is 1.73. The lowest BCUT2D eigenvalue weighted by Crippen LogP contribution is -2.13. The van der Waals surface area contributed by atoms with E-state index in [0.717, 1.165) is 30.2 Å². The molecule has 1 N–H and O–H groups in total. The van der Waals surface area contributed by atoms with Crippen molar-refractivity contribution in [3.8, 4) is 0 Å². The molecule has 86 valence electrons. The molecule has 0 aromatic carbocycles. The van der Waals surface area contributed by atoms with Gasteiger partial charge in [-0.2, -0.15) is 11.8 Å². The second-order valence-electron chi connectivity index (χ2n) is 3.92. The molecule has 0 bridgehead atoms. The van der Waals surface area contributed by atoms with Gasteiger partial charge in [-0.25, -0.2) is 14.8 Å². The summed E-state index contributed by atoms with van der Waals surface area (Å²) in [5, 5.41) is 8.88. The maximum Gasteiger partial charge on any atom is 0.339 e. The highest BCUT2D eigenvalue weighted by atomic mass is 32.2. The van der Waals surface area contributed by atoms with Crippen LogP contribution < -0.4 is 0 Å². The summed E-state index contributed by atoms with van der Waals surface area (Å²) in [4.78, 5) is 19.3. The zero-order chi connectivity index (χ0) is 11.5. The zero-order valence-corrected chi connectivity index (χ0v) is 9.96. The molecule has 1 aromatic rings. The predicted octanol–water partition coefficient (Wildman–Crippen LogP) is 2.09. The molecule has 1 saturated heterocycles. The summed E-state index contributed by atoms with van der Waals surface area (Å²) in [6.07, 6.45) is 3.62. The lowest BCUT2D eigenvalue weighted by atomic mass is 10.0. The first-order valence-corrected chi connectivity index (χ1v) is 6.48. The Balaban J connectivity index is 2.23. The monoisotopic (exact) mass is 238 g/mol. The van der Waals surface area contributed by atoms with Gasteiger partial charge in [0, 0.05) is 12.1 Å². The molecule has 2 rings (SSSR count). The highest BCUT2D eigenvalue weighted by Gasteiger charge is 2.20. The van der Waals surface area contributed by atoms with Gasteiger partial charge >= 0.3 is 5.97 Å². The highest BCUT2D eigenvalue weighted by molar-refractivity contribution is 7.99. The summed E-state index contributed by atoms with van der Waals surface area (Å²) in [5.41, 5.74) is 0.768. The van der Waals surface area contributed by atoms with Crippen molar-refractivity contribution in [2.45, 2.75) is 25.7 Å². The van der Waals surface area contributed by atoms with E-state index in [-0.39, 0.29) is 5.56 Å². The van der Waals surface area contributed by atoms with Gasteiger partial charge in [-0.1, -0.05) is 0 Å². The third kappa shape index (κ3) is 2.35. The van der Waals surface area contributed by atoms with Crippen LogP contribution in [0.2, 0.25) is 0 Å². The lowest BCUT2D eigenvalue weighted by molar-refractivity contribution is 0.0695. The fourth-order valence-corrected chi connectivity index (χ4v) is 2.95. The smallest absolute Gasteiger partial charge is 0.339 e. The summed E-state index contributed by atoms with van der Waals surface area (Å²) in [7, 11) is 0. The standard InChI is InChI=1S/C11H14N2O2S/c1-7-9(11(14)15)6-12-10(13-7)8-2-4-16-5-3-8/h6,8H,2-5H2,1H3,(H,14,15). The van der Waals surface area contributed by atoms with Crippen molar-refractivity contribution in [3.05, 3.63) is 23.3 Å². The highest BCUT2D eigenvalue weighted by Crippen LogP contribution is 2.29. The number of hydrogen-bond acceptors (Lipinski definition) is 4. The molecular formula is C11H14N2O2S. The first kappa shape index (κ1) is 11.4. The van der Waals surface area contributed by atoms with Crippen molar-refractivity contribution < 1.29 is 9.90 Å². The van der Waals surface area contributed by atoms with Gasteiger partial charge in [0.1, 0.15) is 5.82 Å². The van der Waals surface area contributed by atoms with E-state index in [9.17, 15) is 4.79 Å². The van der Waals surface area contributed by atoms with Crippen molar-refractivity contribution in [2.75, 3.05) is 11.5 Å². The van der Waals surface area contributed by atoms with Crippen molar-refractivity contribution in [1.29, 1.82) is 0 Å². The Morgan fingerprint density at radius 2 is 2.19 bits per heavy atom. The Hall–Kier alpha value is -1.10. The van der Waals surface area contributed by atoms with Crippen molar-refractivity contribution >= 4 is 17.7 Å². The van der Waals surface area contributed by atoms with Gasteiger partial charge in [0.25, 0.3) is 0 Å². The van der Waals surface area contributed by atoms with Crippen LogP contribution in [0.25, 0.3) is 0 Å². The fraction of sp³-hybridized carbons (Fsp3) is 0.545. The Morgan fingerprint density at radius 3 is 2.75 bits per heavy atom. The fourth-order valence-electron chi connectivity index (χ4n) is 1.85. The molecule has 4 nitrogen and oxygen atoms in total. The van der Waals surface area contributed by atoms with Gasteiger partial charge in [-0.05, 0) is 31.3 Å². The summed E-state index contributed by atoms with van der Waals surface area (Å²) in [5.74, 6) is 2.55. The number of rotatable bonds is 2. The molecule has 0 unspecified atom stereocenters. The minimum Gasteiger partial charge on any atom is -0.478 e. The van der Waals surface area contributed by atoms with Gasteiger partial charge < -0.3 is 5.11 Å². The number of nitrogens with zero attached hydrogens (tertiary/aromatic N) is 2. The van der Waals surface area contributed by atoms with E-state index in [0.29, 0.717) is 11.6 Å². The minimum atomic E-state index is -0.955. The summed E-state index contributed by atoms with van der Waals surface area (Å²) < 4.78 is 0. The van der Waals surface area contributed by atoms with Crippen molar-refractivity contribution in [2.24, 2.45) is 0 Å². The Morgan fingerprint density at radius 1 is 1.50 bits per heavy atom. The lowest BCUT2D eigenvalue weighted by Gasteiger charge is -2.20. The molecule has 0 saturated carbocycles. The second kappa shape index (κ2) is 4.82. The van der Waals surface area contributed by atoms with Crippen molar-refractivity contribution in [3.63, 3.8) is 0 Å². The molecule has 0 amide bonds. The number of carboxylic acids is 1. The van der Waals surface area contributed by atoms with E-state index in [1.807, 2.05) is 11.8 Å². The maximum atomic E-state index is 10.8. The van der Waals surface area contributed by atoms with Crippen LogP contribution >= 0.6 is 11.8 Å². The van der Waals surface area contributed by atoms with Gasteiger partial charge in [-0.15, -0.1) is 0 Å². The largest absolute Gasteiger partial charge is 0.478 e. The number of aryl methyl sites for hydroxylation is 1. The van der Waals surface area contributed by atoms with Crippen LogP contribution in [0.5, 0.6) is 0 Å². The molecule has 1 aliphatic rings. The van der Waals surface area contributed by atoms with E-state index < -0.39 is 5.97 Å². The molecule has 0 atom stereocenters. The molecule has 1 aliphatic heterocycles. The topological polar surface area (TPSA) is 63.1 Å². The first-order chi connectivity index (χ1) is 7.68. The Bertz CT molecular complexity index is 403. The normalized spacial score (nSPS) is 17.3. The van der Waals surface area contributed by atoms with Crippen LogP contribution in [0.4, 0.5) is 0 Å². The first-order valence-electron chi connectivity index (χ1n) is 5.33. The van der Waals surface area contributed by atoms with Crippen LogP contribution in [0.15, 0.2) is 6.20 Å². The number of aromatic carboxylic acids is 1. The van der Waals surface area contributed by atoms with Gasteiger partial charge in [0.05, 0.1) is 11.3 Å². The maximum absolute atomic E-state index is 10.8. The summed E-state index contributed by atoms with van der Waals surface area (Å²) in [6, 6.07) is 0. The minimum absolute atomic E-state index is 0.203.